The summed E-state index contributed by atoms with van der Waals surface area (Å²) in [6.07, 6.45) is 0. The van der Waals surface area contributed by atoms with Crippen molar-refractivity contribution in [3.63, 3.8) is 0 Å². The van der Waals surface area contributed by atoms with Gasteiger partial charge in [-0.15, -0.1) is 5.54 Å². The van der Waals surface area contributed by atoms with Crippen LogP contribution in [0.15, 0.2) is 24.3 Å². The minimum absolute atomic E-state index is 0.0535. The van der Waals surface area contributed by atoms with E-state index in [0.717, 1.165) is 0 Å². The van der Waals surface area contributed by atoms with Gasteiger partial charge in [-0.25, -0.2) is 4.79 Å². The summed E-state index contributed by atoms with van der Waals surface area (Å²) in [7, 11) is -6.39. The molecule has 0 N–H and O–H groups in total. The predicted molar refractivity (Wildman–Crippen MR) is 128 cm³/mol. The number of hydrogen-bond acceptors (Lipinski definition) is 5. The van der Waals surface area contributed by atoms with E-state index >= 15 is 0 Å². The fourth-order valence-corrected chi connectivity index (χ4v) is 10.6. The molecule has 0 heterocycles. The smallest absolute Gasteiger partial charge is 0.341 e. The molecule has 0 fully saturated rings. The molecule has 0 saturated heterocycles. The van der Waals surface area contributed by atoms with Crippen LogP contribution in [0.25, 0.3) is 0 Å². The number of rotatable bonds is 8. The molecule has 0 aliphatic rings. The van der Waals surface area contributed by atoms with Gasteiger partial charge in [-0.05, 0) is 64.2 Å². The summed E-state index contributed by atoms with van der Waals surface area (Å²) >= 11 is 2.01. The van der Waals surface area contributed by atoms with Crippen LogP contribution in [0.4, 0.5) is 0 Å². The molecule has 0 amide bonds. The van der Waals surface area contributed by atoms with Crippen LogP contribution in [-0.4, -0.2) is 34.5 Å². The SMILES string of the molecule is CCOS(=O)(=O)C(C#C[Si](C(C)C)(C(C)C)C(C)C)OC(=O)c1ccccc1I. The second kappa shape index (κ2) is 10.9. The Balaban J connectivity index is 3.44. The van der Waals surface area contributed by atoms with Gasteiger partial charge in [0.1, 0.15) is 8.07 Å². The van der Waals surface area contributed by atoms with E-state index in [9.17, 15) is 13.2 Å². The van der Waals surface area contributed by atoms with E-state index in [-0.39, 0.29) is 6.61 Å². The molecule has 162 valence electrons. The lowest BCUT2D eigenvalue weighted by atomic mass is 10.2. The summed E-state index contributed by atoms with van der Waals surface area (Å²) in [6.45, 7) is 14.3. The van der Waals surface area contributed by atoms with Gasteiger partial charge in [-0.1, -0.05) is 53.7 Å². The Kier molecular flexibility index (Phi) is 9.86. The third-order valence-electron chi connectivity index (χ3n) is 5.12. The van der Waals surface area contributed by atoms with E-state index in [0.29, 0.717) is 25.8 Å². The zero-order chi connectivity index (χ0) is 22.4. The van der Waals surface area contributed by atoms with Gasteiger partial charge >= 0.3 is 16.1 Å². The first-order valence-corrected chi connectivity index (χ1v) is 14.5. The van der Waals surface area contributed by atoms with Gasteiger partial charge in [0.25, 0.3) is 5.44 Å². The summed E-state index contributed by atoms with van der Waals surface area (Å²) in [5.41, 5.74) is 2.91. The van der Waals surface area contributed by atoms with E-state index in [1.54, 1.807) is 31.2 Å². The summed E-state index contributed by atoms with van der Waals surface area (Å²) in [5.74, 6) is 2.07. The number of hydrogen-bond donors (Lipinski definition) is 0. The van der Waals surface area contributed by atoms with Gasteiger partial charge in [-0.3, -0.25) is 4.18 Å². The number of benzene rings is 1. The van der Waals surface area contributed by atoms with Crippen molar-refractivity contribution < 1.29 is 22.1 Å². The Morgan fingerprint density at radius 1 is 1.07 bits per heavy atom. The average molecular weight is 551 g/mol. The van der Waals surface area contributed by atoms with Crippen molar-refractivity contribution in [3.05, 3.63) is 33.4 Å². The highest BCUT2D eigenvalue weighted by Gasteiger charge is 2.42. The zero-order valence-electron chi connectivity index (χ0n) is 18.2. The van der Waals surface area contributed by atoms with E-state index in [2.05, 4.69) is 53.0 Å². The molecule has 0 spiro atoms. The molecule has 0 bridgehead atoms. The van der Waals surface area contributed by atoms with Gasteiger partial charge in [0, 0.05) is 3.57 Å². The lowest BCUT2D eigenvalue weighted by Crippen LogP contribution is -2.43. The molecule has 0 aliphatic heterocycles. The highest BCUT2D eigenvalue weighted by atomic mass is 127. The monoisotopic (exact) mass is 550 g/mol. The molecular weight excluding hydrogens is 519 g/mol. The second-order valence-electron chi connectivity index (χ2n) is 7.78. The van der Waals surface area contributed by atoms with Crippen LogP contribution in [0.3, 0.4) is 0 Å². The summed E-state index contributed by atoms with van der Waals surface area (Å²) < 4.78 is 36.2. The van der Waals surface area contributed by atoms with Crippen LogP contribution in [0.2, 0.25) is 16.6 Å². The Bertz CT molecular complexity index is 847. The minimum atomic E-state index is -4.18. The molecule has 1 atom stereocenters. The highest BCUT2D eigenvalue weighted by Crippen LogP contribution is 2.40. The molecule has 0 saturated carbocycles. The summed E-state index contributed by atoms with van der Waals surface area (Å²) in [6, 6.07) is 6.84. The van der Waals surface area contributed by atoms with Crippen LogP contribution in [0.5, 0.6) is 0 Å². The number of ether oxygens (including phenoxy) is 1. The third-order valence-corrected chi connectivity index (χ3v) is 13.7. The quantitative estimate of drug-likeness (QED) is 0.143. The predicted octanol–water partition coefficient (Wildman–Crippen LogP) is 5.36. The lowest BCUT2D eigenvalue weighted by Gasteiger charge is -2.38. The van der Waals surface area contributed by atoms with Crippen LogP contribution < -0.4 is 0 Å². The molecule has 8 heteroatoms. The first-order chi connectivity index (χ1) is 13.4. The van der Waals surface area contributed by atoms with Gasteiger partial charge < -0.3 is 4.74 Å². The van der Waals surface area contributed by atoms with Crippen molar-refractivity contribution in [1.29, 1.82) is 0 Å². The fourth-order valence-electron chi connectivity index (χ4n) is 3.79. The Labute approximate surface area is 190 Å². The largest absolute Gasteiger partial charge is 0.427 e. The van der Waals surface area contributed by atoms with Crippen molar-refractivity contribution in [2.45, 2.75) is 70.5 Å². The van der Waals surface area contributed by atoms with E-state index in [1.165, 1.54) is 0 Å². The Morgan fingerprint density at radius 3 is 2.03 bits per heavy atom. The molecule has 29 heavy (non-hydrogen) atoms. The molecule has 5 nitrogen and oxygen atoms in total. The van der Waals surface area contributed by atoms with Crippen LogP contribution >= 0.6 is 22.6 Å². The maximum absolute atomic E-state index is 12.6. The van der Waals surface area contributed by atoms with Crippen molar-refractivity contribution in [3.8, 4) is 11.5 Å². The van der Waals surface area contributed by atoms with Crippen LogP contribution in [0, 0.1) is 15.0 Å². The first kappa shape index (κ1) is 26.1. The minimum Gasteiger partial charge on any atom is -0.427 e. The summed E-state index contributed by atoms with van der Waals surface area (Å²) in [4.78, 5) is 12.6. The highest BCUT2D eigenvalue weighted by molar-refractivity contribution is 14.1. The number of halogens is 1. The Morgan fingerprint density at radius 2 is 1.59 bits per heavy atom. The van der Waals surface area contributed by atoms with Crippen LogP contribution in [-0.2, 0) is 19.0 Å². The molecule has 0 radical (unpaired) electrons. The molecule has 1 aromatic carbocycles. The van der Waals surface area contributed by atoms with Gasteiger partial charge in [-0.2, -0.15) is 8.42 Å². The zero-order valence-corrected chi connectivity index (χ0v) is 22.1. The Hall–Kier alpha value is -0.893. The van der Waals surface area contributed by atoms with E-state index in [1.807, 2.05) is 22.6 Å². The van der Waals surface area contributed by atoms with Crippen molar-refractivity contribution in [2.75, 3.05) is 6.61 Å². The fraction of sp³-hybridized carbons (Fsp3) is 0.571. The van der Waals surface area contributed by atoms with Gasteiger partial charge in [0.15, 0.2) is 0 Å². The molecule has 0 aromatic heterocycles. The maximum atomic E-state index is 12.6. The van der Waals surface area contributed by atoms with E-state index in [4.69, 9.17) is 8.92 Å². The average Bonchev–Trinajstić information content (AvgIpc) is 2.60. The second-order valence-corrected chi connectivity index (χ2v) is 16.2. The molecule has 1 rings (SSSR count). The standard InChI is InChI=1S/C21H31IO5SSi/c1-8-26-28(24,25)20(27-21(23)18-11-9-10-12-19(18)22)13-14-29(15(2)3,16(4)5)17(6)7/h9-12,15-17,20H,8H2,1-7H3. The third kappa shape index (κ3) is 6.29. The van der Waals surface area contributed by atoms with Crippen molar-refractivity contribution in [1.82, 2.24) is 0 Å². The molecule has 1 unspecified atom stereocenters. The van der Waals surface area contributed by atoms with Gasteiger partial charge in [0.2, 0.25) is 0 Å². The molecular formula is C21H31IO5SSi. The van der Waals surface area contributed by atoms with Gasteiger partial charge in [0.05, 0.1) is 12.2 Å². The van der Waals surface area contributed by atoms with E-state index < -0.39 is 29.6 Å². The number of carbonyl (C=O) groups excluding carboxylic acids is 1. The lowest BCUT2D eigenvalue weighted by molar-refractivity contribution is 0.0492. The normalized spacial score (nSPS) is 13.3. The van der Waals surface area contributed by atoms with Crippen molar-refractivity contribution in [2.24, 2.45) is 0 Å². The topological polar surface area (TPSA) is 69.7 Å². The molecule has 1 aromatic rings. The maximum Gasteiger partial charge on any atom is 0.341 e. The van der Waals surface area contributed by atoms with Crippen LogP contribution in [0.1, 0.15) is 58.8 Å². The summed E-state index contributed by atoms with van der Waals surface area (Å²) in [5, 5.41) is 0. The molecule has 0 aliphatic carbocycles. The number of esters is 1. The first-order valence-electron chi connectivity index (χ1n) is 9.76. The number of carbonyl (C=O) groups is 1. The van der Waals surface area contributed by atoms with Crippen molar-refractivity contribution >= 4 is 46.8 Å².